The van der Waals surface area contributed by atoms with Crippen molar-refractivity contribution in [3.63, 3.8) is 0 Å². The summed E-state index contributed by atoms with van der Waals surface area (Å²) >= 11 is 5.87. The number of carbonyl (C=O) groups excluding carboxylic acids is 1. The van der Waals surface area contributed by atoms with Crippen LogP contribution in [-0.2, 0) is 0 Å². The third-order valence-electron chi connectivity index (χ3n) is 4.60. The molecule has 26 heavy (non-hydrogen) atoms. The number of nitrogens with zero attached hydrogens (tertiary/aromatic N) is 2. The fraction of sp³-hybridized carbons (Fsp3) is 0.263. The first kappa shape index (κ1) is 16.8. The highest BCUT2D eigenvalue weighted by molar-refractivity contribution is 6.30. The van der Waals surface area contributed by atoms with Gasteiger partial charge in [-0.25, -0.2) is 9.37 Å². The average Bonchev–Trinajstić information content (AvgIpc) is 3.12. The standard InChI is InChI=1S/C19H17ClFN3O2/c20-12-1-3-13(4-2-12)26-14-7-9-24(10-8-14)19(25)17-15(21)5-6-16-18(17)23-11-22-16/h1-6,11,14H,7-10H2,(H,22,23). The molecule has 0 bridgehead atoms. The summed E-state index contributed by atoms with van der Waals surface area (Å²) in [4.78, 5) is 21.5. The van der Waals surface area contributed by atoms with Crippen molar-refractivity contribution in [2.45, 2.75) is 18.9 Å². The molecule has 1 fully saturated rings. The molecule has 0 saturated carbocycles. The number of halogens is 2. The van der Waals surface area contributed by atoms with E-state index < -0.39 is 5.82 Å². The molecule has 1 aliphatic rings. The first-order valence-corrected chi connectivity index (χ1v) is 8.82. The van der Waals surface area contributed by atoms with Gasteiger partial charge in [0.15, 0.2) is 0 Å². The number of benzene rings is 2. The van der Waals surface area contributed by atoms with Crippen LogP contribution < -0.4 is 4.74 Å². The lowest BCUT2D eigenvalue weighted by atomic mass is 10.1. The van der Waals surface area contributed by atoms with Gasteiger partial charge < -0.3 is 14.6 Å². The number of imidazole rings is 1. The molecule has 0 spiro atoms. The smallest absolute Gasteiger partial charge is 0.259 e. The SMILES string of the molecule is O=C(c1c(F)ccc2[nH]cnc12)N1CCC(Oc2ccc(Cl)cc2)CC1. The molecular formula is C19H17ClFN3O2. The Kier molecular flexibility index (Phi) is 4.51. The van der Waals surface area contributed by atoms with Crippen molar-refractivity contribution < 1.29 is 13.9 Å². The largest absolute Gasteiger partial charge is 0.490 e. The normalized spacial score (nSPS) is 15.4. The van der Waals surface area contributed by atoms with Crippen LogP contribution in [0.2, 0.25) is 5.02 Å². The molecule has 5 nitrogen and oxygen atoms in total. The number of hydrogen-bond donors (Lipinski definition) is 1. The Morgan fingerprint density at radius 3 is 2.65 bits per heavy atom. The van der Waals surface area contributed by atoms with Crippen LogP contribution in [0, 0.1) is 5.82 Å². The van der Waals surface area contributed by atoms with Crippen molar-refractivity contribution in [2.75, 3.05) is 13.1 Å². The van der Waals surface area contributed by atoms with Crippen LogP contribution in [0.15, 0.2) is 42.7 Å². The molecular weight excluding hydrogens is 357 g/mol. The molecule has 3 aromatic rings. The molecule has 2 heterocycles. The van der Waals surface area contributed by atoms with Gasteiger partial charge in [0, 0.05) is 31.0 Å². The molecule has 0 unspecified atom stereocenters. The third kappa shape index (κ3) is 3.24. The van der Waals surface area contributed by atoms with Gasteiger partial charge in [0.1, 0.15) is 28.8 Å². The summed E-state index contributed by atoms with van der Waals surface area (Å²) in [6.45, 7) is 1.02. The number of aromatic nitrogens is 2. The Morgan fingerprint density at radius 2 is 1.92 bits per heavy atom. The lowest BCUT2D eigenvalue weighted by Crippen LogP contribution is -2.42. The predicted octanol–water partition coefficient (Wildman–Crippen LogP) is 4.04. The maximum atomic E-state index is 14.3. The van der Waals surface area contributed by atoms with Crippen molar-refractivity contribution >= 4 is 28.5 Å². The van der Waals surface area contributed by atoms with Gasteiger partial charge in [0.05, 0.1) is 11.8 Å². The first-order valence-electron chi connectivity index (χ1n) is 8.45. The van der Waals surface area contributed by atoms with Crippen LogP contribution >= 0.6 is 11.6 Å². The second-order valence-corrected chi connectivity index (χ2v) is 6.72. The molecule has 4 rings (SSSR count). The molecule has 0 atom stereocenters. The number of amides is 1. The summed E-state index contributed by atoms with van der Waals surface area (Å²) in [6.07, 6.45) is 2.86. The zero-order chi connectivity index (χ0) is 18.1. The summed E-state index contributed by atoms with van der Waals surface area (Å²) in [7, 11) is 0. The van der Waals surface area contributed by atoms with Gasteiger partial charge in [-0.2, -0.15) is 0 Å². The number of piperidine rings is 1. The zero-order valence-corrected chi connectivity index (χ0v) is 14.7. The molecule has 0 aliphatic carbocycles. The van der Waals surface area contributed by atoms with Crippen LogP contribution in [-0.4, -0.2) is 40.0 Å². The van der Waals surface area contributed by atoms with Gasteiger partial charge in [0.25, 0.3) is 5.91 Å². The van der Waals surface area contributed by atoms with Crippen molar-refractivity contribution in [3.8, 4) is 5.75 Å². The van der Waals surface area contributed by atoms with Gasteiger partial charge in [-0.05, 0) is 36.4 Å². The third-order valence-corrected chi connectivity index (χ3v) is 4.85. The van der Waals surface area contributed by atoms with Gasteiger partial charge >= 0.3 is 0 Å². The molecule has 2 aromatic carbocycles. The van der Waals surface area contributed by atoms with E-state index in [1.54, 1.807) is 23.1 Å². The van der Waals surface area contributed by atoms with Crippen molar-refractivity contribution in [2.24, 2.45) is 0 Å². The summed E-state index contributed by atoms with van der Waals surface area (Å²) in [6, 6.07) is 10.1. The van der Waals surface area contributed by atoms with E-state index in [-0.39, 0.29) is 17.6 Å². The number of rotatable bonds is 3. The second-order valence-electron chi connectivity index (χ2n) is 6.28. The minimum absolute atomic E-state index is 0.0197. The van der Waals surface area contributed by atoms with Crippen LogP contribution in [0.5, 0.6) is 5.75 Å². The molecule has 134 valence electrons. The Labute approximate surface area is 154 Å². The second kappa shape index (κ2) is 6.96. The Hall–Kier alpha value is -2.60. The minimum Gasteiger partial charge on any atom is -0.490 e. The molecule has 1 amide bonds. The van der Waals surface area contributed by atoms with Crippen LogP contribution in [0.4, 0.5) is 4.39 Å². The average molecular weight is 374 g/mol. The maximum absolute atomic E-state index is 14.3. The summed E-state index contributed by atoms with van der Waals surface area (Å²) < 4.78 is 20.2. The van der Waals surface area contributed by atoms with Crippen LogP contribution in [0.3, 0.4) is 0 Å². The van der Waals surface area contributed by atoms with Crippen molar-refractivity contribution in [1.82, 2.24) is 14.9 Å². The number of aromatic amines is 1. The topological polar surface area (TPSA) is 58.2 Å². The molecule has 1 saturated heterocycles. The Bertz CT molecular complexity index is 934. The number of carbonyl (C=O) groups is 1. The van der Waals surface area contributed by atoms with Gasteiger partial charge in [-0.1, -0.05) is 11.6 Å². The summed E-state index contributed by atoms with van der Waals surface area (Å²) in [5.41, 5.74) is 1.05. The van der Waals surface area contributed by atoms with E-state index in [1.165, 1.54) is 12.4 Å². The minimum atomic E-state index is -0.547. The molecule has 1 aromatic heterocycles. The molecule has 1 N–H and O–H groups in total. The molecule has 0 radical (unpaired) electrons. The predicted molar refractivity (Wildman–Crippen MR) is 97.1 cm³/mol. The Morgan fingerprint density at radius 1 is 1.19 bits per heavy atom. The number of H-pyrrole nitrogens is 1. The fourth-order valence-corrected chi connectivity index (χ4v) is 3.35. The van der Waals surface area contributed by atoms with Crippen LogP contribution in [0.1, 0.15) is 23.2 Å². The number of likely N-dealkylation sites (tertiary alicyclic amines) is 1. The summed E-state index contributed by atoms with van der Waals surface area (Å²) in [5, 5.41) is 0.660. The zero-order valence-electron chi connectivity index (χ0n) is 13.9. The van der Waals surface area contributed by atoms with E-state index in [0.717, 1.165) is 5.75 Å². The highest BCUT2D eigenvalue weighted by Gasteiger charge is 2.28. The monoisotopic (exact) mass is 373 g/mol. The highest BCUT2D eigenvalue weighted by Crippen LogP contribution is 2.24. The first-order chi connectivity index (χ1) is 12.6. The van der Waals surface area contributed by atoms with E-state index in [0.29, 0.717) is 42.0 Å². The lowest BCUT2D eigenvalue weighted by molar-refractivity contribution is 0.0593. The van der Waals surface area contributed by atoms with Gasteiger partial charge in [-0.3, -0.25) is 4.79 Å². The number of fused-ring (bicyclic) bond motifs is 1. The van der Waals surface area contributed by atoms with Gasteiger partial charge in [0.2, 0.25) is 0 Å². The number of hydrogen-bond acceptors (Lipinski definition) is 3. The highest BCUT2D eigenvalue weighted by atomic mass is 35.5. The van der Waals surface area contributed by atoms with Gasteiger partial charge in [-0.15, -0.1) is 0 Å². The number of ether oxygens (including phenoxy) is 1. The van der Waals surface area contributed by atoms with E-state index >= 15 is 0 Å². The van der Waals surface area contributed by atoms with Crippen LogP contribution in [0.25, 0.3) is 11.0 Å². The van der Waals surface area contributed by atoms with E-state index in [2.05, 4.69) is 9.97 Å². The number of nitrogens with one attached hydrogen (secondary N) is 1. The van der Waals surface area contributed by atoms with E-state index in [1.807, 2.05) is 12.1 Å². The van der Waals surface area contributed by atoms with E-state index in [9.17, 15) is 9.18 Å². The maximum Gasteiger partial charge on any atom is 0.259 e. The van der Waals surface area contributed by atoms with Crippen molar-refractivity contribution in [3.05, 3.63) is 59.1 Å². The molecule has 1 aliphatic heterocycles. The fourth-order valence-electron chi connectivity index (χ4n) is 3.23. The Balaban J connectivity index is 1.44. The van der Waals surface area contributed by atoms with Crippen molar-refractivity contribution in [1.29, 1.82) is 0 Å². The quantitative estimate of drug-likeness (QED) is 0.753. The molecule has 7 heteroatoms. The summed E-state index contributed by atoms with van der Waals surface area (Å²) in [5.74, 6) is -0.120. The lowest BCUT2D eigenvalue weighted by Gasteiger charge is -2.32. The van der Waals surface area contributed by atoms with E-state index in [4.69, 9.17) is 16.3 Å².